The van der Waals surface area contributed by atoms with Crippen LogP contribution in [0.5, 0.6) is 5.75 Å². The van der Waals surface area contributed by atoms with Crippen molar-refractivity contribution in [1.82, 2.24) is 14.8 Å². The van der Waals surface area contributed by atoms with E-state index in [1.165, 1.54) is 12.3 Å². The van der Waals surface area contributed by atoms with Crippen LogP contribution in [0.25, 0.3) is 27.7 Å². The summed E-state index contributed by atoms with van der Waals surface area (Å²) in [5.74, 6) is -0.0628. The van der Waals surface area contributed by atoms with Gasteiger partial charge in [-0.2, -0.15) is 5.10 Å². The zero-order valence-electron chi connectivity index (χ0n) is 13.5. The predicted molar refractivity (Wildman–Crippen MR) is 97.9 cm³/mol. The lowest BCUT2D eigenvalue weighted by Gasteiger charge is -2.16. The molecule has 2 aromatic carbocycles. The molecule has 6 heteroatoms. The number of aromatic nitrogens is 3. The topological polar surface area (TPSA) is 96.9 Å². The first-order valence-corrected chi connectivity index (χ1v) is 7.79. The number of pyridine rings is 1. The number of aromatic amines is 1. The summed E-state index contributed by atoms with van der Waals surface area (Å²) in [7, 11) is 0. The van der Waals surface area contributed by atoms with Crippen molar-refractivity contribution < 1.29 is 5.11 Å². The highest BCUT2D eigenvalue weighted by molar-refractivity contribution is 5.85. The second kappa shape index (κ2) is 5.52. The maximum Gasteiger partial charge on any atom is 0.225 e. The summed E-state index contributed by atoms with van der Waals surface area (Å²) in [6.45, 7) is 1.98. The maximum atomic E-state index is 11.5. The van der Waals surface area contributed by atoms with E-state index < -0.39 is 5.43 Å². The summed E-state index contributed by atoms with van der Waals surface area (Å²) in [6, 6.07) is 13.2. The molecule has 0 aliphatic rings. The summed E-state index contributed by atoms with van der Waals surface area (Å²) < 4.78 is 1.62. The molecule has 0 bridgehead atoms. The monoisotopic (exact) mass is 332 g/mol. The standard InChI is InChI=1S/C19H16N4O2/c1-11-14(12-5-6-15-13(7-12)9-21-22-15)3-2-4-16(11)23-10-18(25)17(24)8-19(23)20/h2-10,25H,20H2,1H3,(H,21,22). The quantitative estimate of drug-likeness (QED) is 0.526. The maximum absolute atomic E-state index is 11.5. The highest BCUT2D eigenvalue weighted by Gasteiger charge is 2.11. The number of rotatable bonds is 2. The minimum Gasteiger partial charge on any atom is -0.503 e. The fourth-order valence-electron chi connectivity index (χ4n) is 3.05. The van der Waals surface area contributed by atoms with Gasteiger partial charge in [-0.15, -0.1) is 0 Å². The number of nitrogens with zero attached hydrogens (tertiary/aromatic N) is 2. The Balaban J connectivity index is 1.91. The normalized spacial score (nSPS) is 11.1. The van der Waals surface area contributed by atoms with Crippen molar-refractivity contribution in [3.8, 4) is 22.6 Å². The summed E-state index contributed by atoms with van der Waals surface area (Å²) in [6.07, 6.45) is 3.14. The summed E-state index contributed by atoms with van der Waals surface area (Å²) >= 11 is 0. The lowest BCUT2D eigenvalue weighted by atomic mass is 9.98. The Hall–Kier alpha value is -3.54. The van der Waals surface area contributed by atoms with Crippen LogP contribution in [0.2, 0.25) is 0 Å². The van der Waals surface area contributed by atoms with Gasteiger partial charge in [-0.3, -0.25) is 14.5 Å². The van der Waals surface area contributed by atoms with Gasteiger partial charge in [-0.25, -0.2) is 0 Å². The van der Waals surface area contributed by atoms with Gasteiger partial charge in [0.25, 0.3) is 0 Å². The Kier molecular flexibility index (Phi) is 3.32. The van der Waals surface area contributed by atoms with E-state index in [2.05, 4.69) is 16.3 Å². The molecule has 25 heavy (non-hydrogen) atoms. The minimum atomic E-state index is -0.493. The zero-order valence-corrected chi connectivity index (χ0v) is 13.5. The third-order valence-corrected chi connectivity index (χ3v) is 4.38. The molecule has 0 saturated carbocycles. The Labute approximate surface area is 143 Å². The van der Waals surface area contributed by atoms with Crippen molar-refractivity contribution >= 4 is 16.7 Å². The van der Waals surface area contributed by atoms with Crippen molar-refractivity contribution in [2.75, 3.05) is 5.73 Å². The molecular formula is C19H16N4O2. The fraction of sp³-hybridized carbons (Fsp3) is 0.0526. The first-order valence-electron chi connectivity index (χ1n) is 7.79. The molecule has 0 fully saturated rings. The third-order valence-electron chi connectivity index (χ3n) is 4.38. The number of hydrogen-bond acceptors (Lipinski definition) is 4. The number of H-pyrrole nitrogens is 1. The minimum absolute atomic E-state index is 0.272. The van der Waals surface area contributed by atoms with E-state index in [0.717, 1.165) is 33.3 Å². The van der Waals surface area contributed by atoms with Crippen molar-refractivity contribution in [1.29, 1.82) is 0 Å². The molecule has 124 valence electrons. The first-order chi connectivity index (χ1) is 12.0. The molecule has 0 spiro atoms. The number of hydrogen-bond donors (Lipinski definition) is 3. The predicted octanol–water partition coefficient (Wildman–Crippen LogP) is 2.98. The molecule has 2 aromatic heterocycles. The van der Waals surface area contributed by atoms with Gasteiger partial charge in [0.15, 0.2) is 5.75 Å². The van der Waals surface area contributed by atoms with E-state index >= 15 is 0 Å². The smallest absolute Gasteiger partial charge is 0.225 e. The van der Waals surface area contributed by atoms with Crippen LogP contribution in [0.4, 0.5) is 5.82 Å². The lowest BCUT2D eigenvalue weighted by molar-refractivity contribution is 0.466. The van der Waals surface area contributed by atoms with Crippen LogP contribution in [0.1, 0.15) is 5.56 Å². The average Bonchev–Trinajstić information content (AvgIpc) is 3.06. The highest BCUT2D eigenvalue weighted by atomic mass is 16.3. The Morgan fingerprint density at radius 2 is 2.04 bits per heavy atom. The molecule has 2 heterocycles. The molecule has 0 amide bonds. The van der Waals surface area contributed by atoms with Crippen molar-refractivity contribution in [3.05, 3.63) is 70.6 Å². The molecule has 0 aliphatic carbocycles. The average molecular weight is 332 g/mol. The molecular weight excluding hydrogens is 316 g/mol. The van der Waals surface area contributed by atoms with Gasteiger partial charge in [0.2, 0.25) is 5.43 Å². The second-order valence-electron chi connectivity index (χ2n) is 5.94. The van der Waals surface area contributed by atoms with E-state index in [9.17, 15) is 9.90 Å². The number of aromatic hydroxyl groups is 1. The number of anilines is 1. The van der Waals surface area contributed by atoms with Crippen LogP contribution in [0, 0.1) is 6.92 Å². The van der Waals surface area contributed by atoms with Gasteiger partial charge in [0, 0.05) is 11.5 Å². The molecule has 4 N–H and O–H groups in total. The van der Waals surface area contributed by atoms with Gasteiger partial charge in [-0.1, -0.05) is 18.2 Å². The van der Waals surface area contributed by atoms with Crippen molar-refractivity contribution in [2.24, 2.45) is 0 Å². The number of fused-ring (bicyclic) bond motifs is 1. The number of benzene rings is 2. The molecule has 6 nitrogen and oxygen atoms in total. The Morgan fingerprint density at radius 1 is 1.20 bits per heavy atom. The van der Waals surface area contributed by atoms with Crippen LogP contribution in [-0.2, 0) is 0 Å². The van der Waals surface area contributed by atoms with Gasteiger partial charge in [0.1, 0.15) is 5.82 Å². The fourth-order valence-corrected chi connectivity index (χ4v) is 3.05. The van der Waals surface area contributed by atoms with E-state index in [1.807, 2.05) is 37.3 Å². The molecule has 0 aliphatic heterocycles. The number of nitrogen functional groups attached to an aromatic ring is 1. The largest absolute Gasteiger partial charge is 0.503 e. The van der Waals surface area contributed by atoms with Crippen LogP contribution in [0.3, 0.4) is 0 Å². The third kappa shape index (κ3) is 2.44. The van der Waals surface area contributed by atoms with Gasteiger partial charge >= 0.3 is 0 Å². The van der Waals surface area contributed by atoms with Crippen LogP contribution >= 0.6 is 0 Å². The molecule has 0 atom stereocenters. The first kappa shape index (κ1) is 15.0. The zero-order chi connectivity index (χ0) is 17.6. The second-order valence-corrected chi connectivity index (χ2v) is 5.94. The van der Waals surface area contributed by atoms with E-state index in [0.29, 0.717) is 0 Å². The number of nitrogens with one attached hydrogen (secondary N) is 1. The molecule has 4 rings (SSSR count). The van der Waals surface area contributed by atoms with Gasteiger partial charge in [0.05, 0.1) is 23.6 Å². The van der Waals surface area contributed by atoms with E-state index in [1.54, 1.807) is 10.8 Å². The van der Waals surface area contributed by atoms with Gasteiger partial charge in [-0.05, 0) is 41.8 Å². The Bertz CT molecular complexity index is 1160. The van der Waals surface area contributed by atoms with E-state index in [4.69, 9.17) is 5.73 Å². The summed E-state index contributed by atoms with van der Waals surface area (Å²) in [4.78, 5) is 11.5. The molecule has 0 unspecified atom stereocenters. The highest BCUT2D eigenvalue weighted by Crippen LogP contribution is 2.30. The molecule has 0 saturated heterocycles. The molecule has 0 radical (unpaired) electrons. The SMILES string of the molecule is Cc1c(-c2ccc3[nH]ncc3c2)cccc1-n1cc(O)c(=O)cc1N. The van der Waals surface area contributed by atoms with Crippen LogP contribution in [-0.4, -0.2) is 19.9 Å². The van der Waals surface area contributed by atoms with Crippen LogP contribution in [0.15, 0.2) is 59.7 Å². The number of nitrogens with two attached hydrogens (primary N) is 1. The van der Waals surface area contributed by atoms with Crippen molar-refractivity contribution in [3.63, 3.8) is 0 Å². The van der Waals surface area contributed by atoms with E-state index in [-0.39, 0.29) is 11.6 Å². The summed E-state index contributed by atoms with van der Waals surface area (Å²) in [5.41, 5.74) is 10.3. The Morgan fingerprint density at radius 3 is 2.88 bits per heavy atom. The lowest BCUT2D eigenvalue weighted by Crippen LogP contribution is -2.11. The molecule has 4 aromatic rings. The summed E-state index contributed by atoms with van der Waals surface area (Å²) in [5, 5.41) is 17.8. The van der Waals surface area contributed by atoms with Crippen LogP contribution < -0.4 is 11.2 Å². The van der Waals surface area contributed by atoms with Crippen molar-refractivity contribution in [2.45, 2.75) is 6.92 Å². The van der Waals surface area contributed by atoms with Gasteiger partial charge < -0.3 is 10.8 Å².